The first-order valence-corrected chi connectivity index (χ1v) is 7.72. The van der Waals surface area contributed by atoms with Gasteiger partial charge in [-0.1, -0.05) is 0 Å². The van der Waals surface area contributed by atoms with Gasteiger partial charge in [-0.15, -0.1) is 0 Å². The molecule has 1 fully saturated rings. The summed E-state index contributed by atoms with van der Waals surface area (Å²) in [5, 5.41) is 3.24. The van der Waals surface area contributed by atoms with E-state index >= 15 is 0 Å². The molecule has 102 valence electrons. The van der Waals surface area contributed by atoms with Gasteiger partial charge in [0.05, 0.1) is 18.3 Å². The van der Waals surface area contributed by atoms with Crippen molar-refractivity contribution in [3.05, 3.63) is 24.2 Å². The number of nitrogens with one attached hydrogen (secondary N) is 2. The van der Waals surface area contributed by atoms with Crippen LogP contribution in [0.4, 0.5) is 0 Å². The van der Waals surface area contributed by atoms with Gasteiger partial charge < -0.3 is 9.73 Å². The highest BCUT2D eigenvalue weighted by molar-refractivity contribution is 7.89. The lowest BCUT2D eigenvalue weighted by molar-refractivity contribution is 0.253. The molecule has 0 spiro atoms. The minimum atomic E-state index is -3.21. The first-order chi connectivity index (χ1) is 8.66. The Hall–Kier alpha value is -0.890. The molecule has 1 aromatic heterocycles. The first kappa shape index (κ1) is 13.5. The lowest BCUT2D eigenvalue weighted by atomic mass is 10.4. The van der Waals surface area contributed by atoms with Crippen LogP contribution >= 0.6 is 0 Å². The van der Waals surface area contributed by atoms with Gasteiger partial charge in [0, 0.05) is 44.8 Å². The van der Waals surface area contributed by atoms with Crippen LogP contribution in [-0.2, 0) is 16.6 Å². The zero-order valence-corrected chi connectivity index (χ0v) is 11.1. The quantitative estimate of drug-likeness (QED) is 0.738. The van der Waals surface area contributed by atoms with E-state index in [1.54, 1.807) is 12.3 Å². The van der Waals surface area contributed by atoms with Gasteiger partial charge in [-0.25, -0.2) is 13.1 Å². The first-order valence-electron chi connectivity index (χ1n) is 6.07. The molecule has 1 aliphatic rings. The molecule has 0 unspecified atom stereocenters. The number of sulfonamides is 1. The van der Waals surface area contributed by atoms with E-state index < -0.39 is 10.0 Å². The molecule has 7 heteroatoms. The van der Waals surface area contributed by atoms with Crippen LogP contribution in [0.5, 0.6) is 0 Å². The Morgan fingerprint density at radius 3 is 2.83 bits per heavy atom. The summed E-state index contributed by atoms with van der Waals surface area (Å²) in [7, 11) is -3.21. The molecule has 2 N–H and O–H groups in total. The van der Waals surface area contributed by atoms with Crippen LogP contribution in [0.15, 0.2) is 23.0 Å². The zero-order chi connectivity index (χ0) is 12.8. The van der Waals surface area contributed by atoms with Gasteiger partial charge in [0.2, 0.25) is 10.0 Å². The normalized spacial score (nSPS) is 18.0. The van der Waals surface area contributed by atoms with Gasteiger partial charge in [-0.3, -0.25) is 4.90 Å². The third-order valence-corrected chi connectivity index (χ3v) is 4.27. The van der Waals surface area contributed by atoms with Crippen molar-refractivity contribution in [1.29, 1.82) is 0 Å². The molecule has 0 saturated carbocycles. The predicted molar refractivity (Wildman–Crippen MR) is 68.6 cm³/mol. The molecule has 0 bridgehead atoms. The van der Waals surface area contributed by atoms with Crippen LogP contribution in [0.1, 0.15) is 5.56 Å². The summed E-state index contributed by atoms with van der Waals surface area (Å²) in [5.74, 6) is 0.144. The van der Waals surface area contributed by atoms with Crippen molar-refractivity contribution < 1.29 is 12.8 Å². The Kier molecular flexibility index (Phi) is 4.76. The van der Waals surface area contributed by atoms with Gasteiger partial charge in [-0.2, -0.15) is 0 Å². The molecule has 0 atom stereocenters. The monoisotopic (exact) mass is 273 g/mol. The van der Waals surface area contributed by atoms with Crippen molar-refractivity contribution in [3.63, 3.8) is 0 Å². The predicted octanol–water partition coefficient (Wildman–Crippen LogP) is -0.396. The summed E-state index contributed by atoms with van der Waals surface area (Å²) in [6.45, 7) is 4.57. The van der Waals surface area contributed by atoms with E-state index in [1.165, 1.54) is 6.26 Å². The topological polar surface area (TPSA) is 74.6 Å². The maximum absolute atomic E-state index is 11.8. The number of hydrogen-bond donors (Lipinski definition) is 2. The van der Waals surface area contributed by atoms with Crippen LogP contribution in [-0.4, -0.2) is 51.8 Å². The van der Waals surface area contributed by atoms with Crippen LogP contribution < -0.4 is 10.0 Å². The van der Waals surface area contributed by atoms with Crippen LogP contribution in [0.2, 0.25) is 0 Å². The number of rotatable bonds is 6. The van der Waals surface area contributed by atoms with Gasteiger partial charge in [0.25, 0.3) is 0 Å². The smallest absolute Gasteiger partial charge is 0.213 e. The van der Waals surface area contributed by atoms with Gasteiger partial charge in [0.15, 0.2) is 0 Å². The van der Waals surface area contributed by atoms with Crippen molar-refractivity contribution >= 4 is 10.0 Å². The summed E-state index contributed by atoms with van der Waals surface area (Å²) in [4.78, 5) is 2.16. The van der Waals surface area contributed by atoms with Crippen LogP contribution in [0.3, 0.4) is 0 Å². The SMILES string of the molecule is O=S(=O)(CCN1CCNCC1)NCc1ccoc1. The van der Waals surface area contributed by atoms with E-state index in [0.717, 1.165) is 31.7 Å². The number of hydrogen-bond acceptors (Lipinski definition) is 5. The van der Waals surface area contributed by atoms with Crippen molar-refractivity contribution in [2.75, 3.05) is 38.5 Å². The van der Waals surface area contributed by atoms with Crippen molar-refractivity contribution in [2.24, 2.45) is 0 Å². The maximum atomic E-state index is 11.8. The van der Waals surface area contributed by atoms with Gasteiger partial charge in [0.1, 0.15) is 0 Å². The Bertz CT molecular complexity index is 438. The fourth-order valence-corrected chi connectivity index (χ4v) is 2.87. The molecule has 18 heavy (non-hydrogen) atoms. The number of piperazine rings is 1. The summed E-state index contributed by atoms with van der Waals surface area (Å²) in [5.41, 5.74) is 0.834. The summed E-state index contributed by atoms with van der Waals surface area (Å²) >= 11 is 0. The molecule has 0 aromatic carbocycles. The van der Waals surface area contributed by atoms with Gasteiger partial charge in [-0.05, 0) is 6.07 Å². The average Bonchev–Trinajstić information content (AvgIpc) is 2.89. The Morgan fingerprint density at radius 2 is 2.17 bits per heavy atom. The van der Waals surface area contributed by atoms with Crippen molar-refractivity contribution in [2.45, 2.75) is 6.54 Å². The average molecular weight is 273 g/mol. The maximum Gasteiger partial charge on any atom is 0.213 e. The summed E-state index contributed by atoms with van der Waals surface area (Å²) in [6, 6.07) is 1.75. The minimum absolute atomic E-state index is 0.144. The minimum Gasteiger partial charge on any atom is -0.472 e. The third kappa shape index (κ3) is 4.41. The second-order valence-corrected chi connectivity index (χ2v) is 6.29. The molecule has 2 heterocycles. The van der Waals surface area contributed by atoms with Crippen LogP contribution in [0.25, 0.3) is 0 Å². The molecular weight excluding hydrogens is 254 g/mol. The molecule has 1 saturated heterocycles. The lowest BCUT2D eigenvalue weighted by Crippen LogP contribution is -2.45. The molecule has 1 aromatic rings. The van der Waals surface area contributed by atoms with E-state index in [-0.39, 0.29) is 5.75 Å². The van der Waals surface area contributed by atoms with Crippen molar-refractivity contribution in [1.82, 2.24) is 14.9 Å². The van der Waals surface area contributed by atoms with E-state index in [0.29, 0.717) is 13.1 Å². The summed E-state index contributed by atoms with van der Waals surface area (Å²) in [6.07, 6.45) is 3.07. The van der Waals surface area contributed by atoms with E-state index in [2.05, 4.69) is 14.9 Å². The zero-order valence-electron chi connectivity index (χ0n) is 10.3. The highest BCUT2D eigenvalue weighted by Gasteiger charge is 2.15. The largest absolute Gasteiger partial charge is 0.472 e. The van der Waals surface area contributed by atoms with Gasteiger partial charge >= 0.3 is 0 Å². The highest BCUT2D eigenvalue weighted by Crippen LogP contribution is 2.00. The molecule has 2 rings (SSSR count). The molecule has 6 nitrogen and oxygen atoms in total. The number of furan rings is 1. The Morgan fingerprint density at radius 1 is 1.39 bits per heavy atom. The Balaban J connectivity index is 1.73. The fourth-order valence-electron chi connectivity index (χ4n) is 1.84. The molecule has 0 radical (unpaired) electrons. The summed E-state index contributed by atoms with van der Waals surface area (Å²) < 4.78 is 31.0. The molecule has 0 amide bonds. The molecule has 1 aliphatic heterocycles. The van der Waals surface area contributed by atoms with E-state index in [1.807, 2.05) is 0 Å². The Labute approximate surface area is 107 Å². The lowest BCUT2D eigenvalue weighted by Gasteiger charge is -2.26. The van der Waals surface area contributed by atoms with Crippen molar-refractivity contribution in [3.8, 4) is 0 Å². The van der Waals surface area contributed by atoms with E-state index in [9.17, 15) is 8.42 Å². The molecule has 0 aliphatic carbocycles. The highest BCUT2D eigenvalue weighted by atomic mass is 32.2. The molecular formula is C11H19N3O3S. The third-order valence-electron chi connectivity index (χ3n) is 2.96. The fraction of sp³-hybridized carbons (Fsp3) is 0.636. The second kappa shape index (κ2) is 6.33. The standard InChI is InChI=1S/C11H19N3O3S/c15-18(16,13-9-11-1-7-17-10-11)8-6-14-4-2-12-3-5-14/h1,7,10,12-13H,2-6,8-9H2. The number of nitrogens with zero attached hydrogens (tertiary/aromatic N) is 1. The van der Waals surface area contributed by atoms with Crippen LogP contribution in [0, 0.1) is 0 Å². The van der Waals surface area contributed by atoms with E-state index in [4.69, 9.17) is 4.42 Å². The second-order valence-electron chi connectivity index (χ2n) is 4.36.